The van der Waals surface area contributed by atoms with E-state index >= 15 is 0 Å². The lowest BCUT2D eigenvalue weighted by Crippen LogP contribution is -2.27. The maximum absolute atomic E-state index is 10.6. The Kier molecular flexibility index (Phi) is 4.57. The summed E-state index contributed by atoms with van der Waals surface area (Å²) in [6.07, 6.45) is 4.16. The first-order valence-electron chi connectivity index (χ1n) is 8.12. The fourth-order valence-corrected chi connectivity index (χ4v) is 3.42. The molecule has 1 unspecified atom stereocenters. The molecule has 2 nitrogen and oxygen atoms in total. The van der Waals surface area contributed by atoms with Gasteiger partial charge in [0.25, 0.3) is 0 Å². The Morgan fingerprint density at radius 1 is 1.19 bits per heavy atom. The van der Waals surface area contributed by atoms with E-state index in [0.717, 1.165) is 37.4 Å². The number of fused-ring (bicyclic) bond motifs is 1. The molecule has 0 saturated carbocycles. The first-order valence-corrected chi connectivity index (χ1v) is 8.12. The molecular weight excluding hydrogens is 258 g/mol. The van der Waals surface area contributed by atoms with E-state index in [1.54, 1.807) is 0 Å². The summed E-state index contributed by atoms with van der Waals surface area (Å²) in [6.45, 7) is 4.38. The quantitative estimate of drug-likeness (QED) is 0.890. The maximum atomic E-state index is 10.6. The Morgan fingerprint density at radius 3 is 2.81 bits per heavy atom. The molecule has 1 saturated heterocycles. The Balaban J connectivity index is 1.74. The van der Waals surface area contributed by atoms with Gasteiger partial charge in [-0.3, -0.25) is 0 Å². The van der Waals surface area contributed by atoms with E-state index in [-0.39, 0.29) is 6.10 Å². The van der Waals surface area contributed by atoms with Crippen LogP contribution in [0, 0.1) is 12.8 Å². The molecule has 1 aliphatic rings. The summed E-state index contributed by atoms with van der Waals surface area (Å²) < 4.78 is 0. The van der Waals surface area contributed by atoms with E-state index in [9.17, 15) is 5.11 Å². The fourth-order valence-electron chi connectivity index (χ4n) is 3.42. The molecule has 2 N–H and O–H groups in total. The van der Waals surface area contributed by atoms with Crippen LogP contribution in [-0.4, -0.2) is 18.2 Å². The van der Waals surface area contributed by atoms with Crippen molar-refractivity contribution in [2.24, 2.45) is 5.92 Å². The summed E-state index contributed by atoms with van der Waals surface area (Å²) in [4.78, 5) is 0. The fraction of sp³-hybridized carbons (Fsp3) is 0.474. The van der Waals surface area contributed by atoms with E-state index in [1.807, 2.05) is 0 Å². The molecule has 112 valence electrons. The molecule has 21 heavy (non-hydrogen) atoms. The minimum atomic E-state index is -0.342. The number of piperidine rings is 1. The first-order chi connectivity index (χ1) is 10.2. The van der Waals surface area contributed by atoms with Gasteiger partial charge in [0.05, 0.1) is 6.10 Å². The van der Waals surface area contributed by atoms with Crippen LogP contribution in [0.4, 0.5) is 0 Å². The first kappa shape index (κ1) is 14.6. The summed E-state index contributed by atoms with van der Waals surface area (Å²) in [6, 6.07) is 12.7. The summed E-state index contributed by atoms with van der Waals surface area (Å²) in [5.74, 6) is 0.776. The van der Waals surface area contributed by atoms with Crippen molar-refractivity contribution in [3.8, 4) is 0 Å². The second-order valence-electron chi connectivity index (χ2n) is 6.36. The van der Waals surface area contributed by atoms with Gasteiger partial charge in [0.2, 0.25) is 0 Å². The Hall–Kier alpha value is -1.38. The van der Waals surface area contributed by atoms with Gasteiger partial charge in [-0.15, -0.1) is 0 Å². The van der Waals surface area contributed by atoms with E-state index in [2.05, 4.69) is 48.6 Å². The second kappa shape index (κ2) is 6.59. The highest BCUT2D eigenvalue weighted by Crippen LogP contribution is 2.30. The lowest BCUT2D eigenvalue weighted by atomic mass is 9.89. The van der Waals surface area contributed by atoms with Gasteiger partial charge in [-0.25, -0.2) is 0 Å². The van der Waals surface area contributed by atoms with E-state index < -0.39 is 0 Å². The molecule has 1 aliphatic heterocycles. The Bertz CT molecular complexity index is 602. The van der Waals surface area contributed by atoms with Crippen molar-refractivity contribution in [1.82, 2.24) is 5.32 Å². The van der Waals surface area contributed by atoms with Crippen LogP contribution in [-0.2, 0) is 0 Å². The van der Waals surface area contributed by atoms with Crippen LogP contribution in [0.3, 0.4) is 0 Å². The number of aliphatic hydroxyl groups is 1. The zero-order valence-corrected chi connectivity index (χ0v) is 12.8. The normalized spacial score (nSPS) is 18.0. The number of benzene rings is 2. The molecule has 3 rings (SSSR count). The molecule has 1 fully saturated rings. The van der Waals surface area contributed by atoms with Gasteiger partial charge in [-0.2, -0.15) is 0 Å². The van der Waals surface area contributed by atoms with Crippen LogP contribution in [0.15, 0.2) is 36.4 Å². The van der Waals surface area contributed by atoms with Gasteiger partial charge < -0.3 is 10.4 Å². The van der Waals surface area contributed by atoms with Crippen LogP contribution in [0.5, 0.6) is 0 Å². The molecule has 2 aromatic rings. The third kappa shape index (κ3) is 3.45. The molecular formula is C19H25NO. The zero-order valence-electron chi connectivity index (χ0n) is 12.8. The molecule has 0 radical (unpaired) electrons. The van der Waals surface area contributed by atoms with Crippen LogP contribution in [0.1, 0.15) is 42.9 Å². The van der Waals surface area contributed by atoms with Gasteiger partial charge in [-0.1, -0.05) is 42.0 Å². The topological polar surface area (TPSA) is 32.3 Å². The molecule has 0 aliphatic carbocycles. The third-order valence-corrected chi connectivity index (χ3v) is 4.74. The van der Waals surface area contributed by atoms with Gasteiger partial charge >= 0.3 is 0 Å². The molecule has 1 heterocycles. The number of aliphatic hydroxyl groups excluding tert-OH is 1. The van der Waals surface area contributed by atoms with Gasteiger partial charge in [0.1, 0.15) is 0 Å². The smallest absolute Gasteiger partial charge is 0.0796 e. The minimum Gasteiger partial charge on any atom is -0.388 e. The van der Waals surface area contributed by atoms with Crippen LogP contribution < -0.4 is 5.32 Å². The maximum Gasteiger partial charge on any atom is 0.0796 e. The van der Waals surface area contributed by atoms with Crippen LogP contribution >= 0.6 is 0 Å². The van der Waals surface area contributed by atoms with Gasteiger partial charge in [0.15, 0.2) is 0 Å². The molecule has 0 spiro atoms. The standard InChI is InChI=1S/C19H25NO/c1-14-5-7-16-3-2-4-17(18(16)13-14)19(21)8-6-15-9-11-20-12-10-15/h2-5,7,13,15,19-21H,6,8-12H2,1H3. The van der Waals surface area contributed by atoms with Gasteiger partial charge in [0, 0.05) is 0 Å². The van der Waals surface area contributed by atoms with Crippen LogP contribution in [0.25, 0.3) is 10.8 Å². The number of aryl methyl sites for hydroxylation is 1. The Morgan fingerprint density at radius 2 is 2.00 bits per heavy atom. The van der Waals surface area contributed by atoms with E-state index in [4.69, 9.17) is 0 Å². The lowest BCUT2D eigenvalue weighted by molar-refractivity contribution is 0.154. The molecule has 0 aromatic heterocycles. The number of rotatable bonds is 4. The second-order valence-corrected chi connectivity index (χ2v) is 6.36. The lowest BCUT2D eigenvalue weighted by Gasteiger charge is -2.24. The van der Waals surface area contributed by atoms with E-state index in [1.165, 1.54) is 29.2 Å². The highest BCUT2D eigenvalue weighted by molar-refractivity contribution is 5.86. The van der Waals surface area contributed by atoms with E-state index in [0.29, 0.717) is 0 Å². The number of hydrogen-bond donors (Lipinski definition) is 2. The SMILES string of the molecule is Cc1ccc2cccc(C(O)CCC3CCNCC3)c2c1. The molecule has 2 aromatic carbocycles. The zero-order chi connectivity index (χ0) is 14.7. The number of nitrogens with one attached hydrogen (secondary N) is 1. The summed E-state index contributed by atoms with van der Waals surface area (Å²) in [7, 11) is 0. The Labute approximate surface area is 127 Å². The predicted molar refractivity (Wildman–Crippen MR) is 88.5 cm³/mol. The van der Waals surface area contributed by atoms with Crippen molar-refractivity contribution in [1.29, 1.82) is 0 Å². The highest BCUT2D eigenvalue weighted by Gasteiger charge is 2.17. The van der Waals surface area contributed by atoms with Crippen molar-refractivity contribution in [3.63, 3.8) is 0 Å². The third-order valence-electron chi connectivity index (χ3n) is 4.74. The number of hydrogen-bond acceptors (Lipinski definition) is 2. The average Bonchev–Trinajstić information content (AvgIpc) is 2.53. The predicted octanol–water partition coefficient (Wildman–Crippen LogP) is 3.96. The van der Waals surface area contributed by atoms with Gasteiger partial charge in [-0.05, 0) is 68.0 Å². The summed E-state index contributed by atoms with van der Waals surface area (Å²) in [5.41, 5.74) is 2.34. The minimum absolute atomic E-state index is 0.342. The van der Waals surface area contributed by atoms with Crippen molar-refractivity contribution in [3.05, 3.63) is 47.5 Å². The average molecular weight is 283 g/mol. The summed E-state index contributed by atoms with van der Waals surface area (Å²) >= 11 is 0. The van der Waals surface area contributed by atoms with Crippen molar-refractivity contribution >= 4 is 10.8 Å². The van der Waals surface area contributed by atoms with Crippen molar-refractivity contribution in [2.75, 3.05) is 13.1 Å². The largest absolute Gasteiger partial charge is 0.388 e. The monoisotopic (exact) mass is 283 g/mol. The highest BCUT2D eigenvalue weighted by atomic mass is 16.3. The van der Waals surface area contributed by atoms with Crippen molar-refractivity contribution < 1.29 is 5.11 Å². The molecule has 0 amide bonds. The molecule has 1 atom stereocenters. The summed E-state index contributed by atoms with van der Waals surface area (Å²) in [5, 5.41) is 16.5. The van der Waals surface area contributed by atoms with Crippen LogP contribution in [0.2, 0.25) is 0 Å². The van der Waals surface area contributed by atoms with Crippen molar-refractivity contribution in [2.45, 2.75) is 38.7 Å². The molecule has 0 bridgehead atoms. The molecule has 2 heteroatoms.